The Morgan fingerprint density at radius 2 is 1.89 bits per heavy atom. The summed E-state index contributed by atoms with van der Waals surface area (Å²) >= 11 is 0. The predicted molar refractivity (Wildman–Crippen MR) is 74.1 cm³/mol. The molecule has 1 saturated heterocycles. The first kappa shape index (κ1) is 12.2. The molecular formula is C14H18N4O. The van der Waals surface area contributed by atoms with Crippen molar-refractivity contribution in [3.8, 4) is 0 Å². The molecule has 5 nitrogen and oxygen atoms in total. The van der Waals surface area contributed by atoms with Crippen molar-refractivity contribution in [2.45, 2.75) is 12.8 Å². The number of aromatic amines is 1. The Labute approximate surface area is 112 Å². The van der Waals surface area contributed by atoms with Gasteiger partial charge in [-0.1, -0.05) is 12.1 Å². The van der Waals surface area contributed by atoms with Crippen LogP contribution in [0.1, 0.15) is 23.5 Å². The molecule has 0 bridgehead atoms. The summed E-state index contributed by atoms with van der Waals surface area (Å²) in [4.78, 5) is 21.8. The first-order valence-corrected chi connectivity index (χ1v) is 6.79. The molecule has 0 unspecified atom stereocenters. The van der Waals surface area contributed by atoms with Crippen molar-refractivity contribution in [1.82, 2.24) is 20.2 Å². The summed E-state index contributed by atoms with van der Waals surface area (Å²) in [6.07, 6.45) is 1.98. The summed E-state index contributed by atoms with van der Waals surface area (Å²) in [5.41, 5.74) is 1.76. The van der Waals surface area contributed by atoms with E-state index in [1.807, 2.05) is 29.2 Å². The van der Waals surface area contributed by atoms with Gasteiger partial charge in [-0.05, 0) is 38.1 Å². The van der Waals surface area contributed by atoms with Crippen LogP contribution in [0.25, 0.3) is 11.0 Å². The number of nitrogens with one attached hydrogen (secondary N) is 2. The third-order valence-electron chi connectivity index (χ3n) is 3.44. The molecule has 0 spiro atoms. The van der Waals surface area contributed by atoms with Crippen LogP contribution in [0.5, 0.6) is 0 Å². The number of rotatable bonds is 1. The second-order valence-corrected chi connectivity index (χ2v) is 4.85. The maximum Gasteiger partial charge on any atom is 0.289 e. The van der Waals surface area contributed by atoms with E-state index in [2.05, 4.69) is 15.3 Å². The first-order chi connectivity index (χ1) is 9.34. The Balaban J connectivity index is 1.81. The molecule has 0 saturated carbocycles. The van der Waals surface area contributed by atoms with Gasteiger partial charge in [0.2, 0.25) is 0 Å². The Morgan fingerprint density at radius 1 is 1.16 bits per heavy atom. The number of hydrogen-bond donors (Lipinski definition) is 2. The fourth-order valence-corrected chi connectivity index (χ4v) is 2.43. The van der Waals surface area contributed by atoms with Crippen molar-refractivity contribution in [2.75, 3.05) is 26.2 Å². The zero-order valence-corrected chi connectivity index (χ0v) is 10.9. The van der Waals surface area contributed by atoms with E-state index in [-0.39, 0.29) is 5.91 Å². The smallest absolute Gasteiger partial charge is 0.289 e. The molecule has 1 aromatic carbocycles. The Morgan fingerprint density at radius 3 is 2.63 bits per heavy atom. The average molecular weight is 258 g/mol. The molecule has 0 aliphatic carbocycles. The van der Waals surface area contributed by atoms with Gasteiger partial charge in [-0.25, -0.2) is 4.98 Å². The number of carbonyl (C=O) groups excluding carboxylic acids is 1. The highest BCUT2D eigenvalue weighted by Crippen LogP contribution is 2.12. The zero-order chi connectivity index (χ0) is 13.1. The number of imidazole rings is 1. The maximum atomic E-state index is 12.4. The predicted octanol–water partition coefficient (Wildman–Crippen LogP) is 1.39. The summed E-state index contributed by atoms with van der Waals surface area (Å²) in [7, 11) is 0. The fourth-order valence-electron chi connectivity index (χ4n) is 2.43. The van der Waals surface area contributed by atoms with Gasteiger partial charge in [-0.3, -0.25) is 4.79 Å². The molecule has 0 radical (unpaired) electrons. The molecule has 1 aromatic heterocycles. The first-order valence-electron chi connectivity index (χ1n) is 6.79. The number of para-hydroxylation sites is 2. The van der Waals surface area contributed by atoms with E-state index >= 15 is 0 Å². The summed E-state index contributed by atoms with van der Waals surface area (Å²) in [6, 6.07) is 7.73. The number of benzene rings is 1. The lowest BCUT2D eigenvalue weighted by Gasteiger charge is -2.24. The molecule has 1 aliphatic rings. The number of nitrogens with zero attached hydrogens (tertiary/aromatic N) is 2. The van der Waals surface area contributed by atoms with Gasteiger partial charge >= 0.3 is 0 Å². The highest BCUT2D eigenvalue weighted by Gasteiger charge is 2.19. The van der Waals surface area contributed by atoms with Gasteiger partial charge in [-0.15, -0.1) is 0 Å². The molecule has 2 N–H and O–H groups in total. The molecule has 1 fully saturated rings. The second-order valence-electron chi connectivity index (χ2n) is 4.85. The molecule has 2 heterocycles. The van der Waals surface area contributed by atoms with Crippen molar-refractivity contribution in [1.29, 1.82) is 0 Å². The van der Waals surface area contributed by atoms with Gasteiger partial charge in [0.15, 0.2) is 5.82 Å². The second kappa shape index (κ2) is 5.40. The average Bonchev–Trinajstić information content (AvgIpc) is 2.81. The zero-order valence-electron chi connectivity index (χ0n) is 10.9. The van der Waals surface area contributed by atoms with E-state index in [1.165, 1.54) is 0 Å². The van der Waals surface area contributed by atoms with Gasteiger partial charge in [0.1, 0.15) is 0 Å². The Hall–Kier alpha value is -1.88. The number of amides is 1. The maximum absolute atomic E-state index is 12.4. The quantitative estimate of drug-likeness (QED) is 0.812. The standard InChI is InChI=1S/C14H18N4O/c19-14(18-9-3-7-15-8-4-10-18)13-16-11-5-1-2-6-12(11)17-13/h1-2,5-6,15H,3-4,7-10H2,(H,16,17). The third kappa shape index (κ3) is 2.61. The normalized spacial score (nSPS) is 17.2. The molecule has 2 aromatic rings. The number of H-pyrrole nitrogens is 1. The number of carbonyl (C=O) groups is 1. The topological polar surface area (TPSA) is 61.0 Å². The Kier molecular flexibility index (Phi) is 3.46. The lowest BCUT2D eigenvalue weighted by Crippen LogP contribution is -2.38. The Bertz CT molecular complexity index is 537. The van der Waals surface area contributed by atoms with E-state index in [4.69, 9.17) is 0 Å². The molecule has 19 heavy (non-hydrogen) atoms. The summed E-state index contributed by atoms with van der Waals surface area (Å²) in [6.45, 7) is 3.54. The molecule has 3 rings (SSSR count). The highest BCUT2D eigenvalue weighted by atomic mass is 16.2. The minimum absolute atomic E-state index is 0.0121. The minimum Gasteiger partial charge on any atom is -0.336 e. The molecule has 0 atom stereocenters. The van der Waals surface area contributed by atoms with Crippen molar-refractivity contribution in [3.63, 3.8) is 0 Å². The van der Waals surface area contributed by atoms with Gasteiger partial charge in [0.25, 0.3) is 5.91 Å². The molecule has 100 valence electrons. The molecule has 5 heteroatoms. The SMILES string of the molecule is O=C(c1nc2ccccc2[nH]1)N1CCCNCCC1. The fraction of sp³-hybridized carbons (Fsp3) is 0.429. The largest absolute Gasteiger partial charge is 0.336 e. The monoisotopic (exact) mass is 258 g/mol. The lowest BCUT2D eigenvalue weighted by atomic mass is 10.2. The van der Waals surface area contributed by atoms with Crippen LogP contribution in [0.4, 0.5) is 0 Å². The van der Waals surface area contributed by atoms with E-state index in [0.717, 1.165) is 50.1 Å². The minimum atomic E-state index is 0.0121. The van der Waals surface area contributed by atoms with Crippen LogP contribution < -0.4 is 5.32 Å². The summed E-state index contributed by atoms with van der Waals surface area (Å²) < 4.78 is 0. The van der Waals surface area contributed by atoms with Crippen LogP contribution in [-0.4, -0.2) is 47.0 Å². The van der Waals surface area contributed by atoms with Crippen LogP contribution in [0.3, 0.4) is 0 Å². The van der Waals surface area contributed by atoms with Gasteiger partial charge in [-0.2, -0.15) is 0 Å². The van der Waals surface area contributed by atoms with Crippen LogP contribution in [0, 0.1) is 0 Å². The van der Waals surface area contributed by atoms with Gasteiger partial charge in [0.05, 0.1) is 11.0 Å². The van der Waals surface area contributed by atoms with Crippen molar-refractivity contribution >= 4 is 16.9 Å². The van der Waals surface area contributed by atoms with Gasteiger partial charge < -0.3 is 15.2 Å². The van der Waals surface area contributed by atoms with Crippen molar-refractivity contribution in [3.05, 3.63) is 30.1 Å². The highest BCUT2D eigenvalue weighted by molar-refractivity contribution is 5.94. The molecule has 1 aliphatic heterocycles. The van der Waals surface area contributed by atoms with Crippen LogP contribution >= 0.6 is 0 Å². The van der Waals surface area contributed by atoms with E-state index in [9.17, 15) is 4.79 Å². The van der Waals surface area contributed by atoms with E-state index < -0.39 is 0 Å². The lowest BCUT2D eigenvalue weighted by molar-refractivity contribution is 0.0735. The summed E-state index contributed by atoms with van der Waals surface area (Å²) in [5.74, 6) is 0.466. The summed E-state index contributed by atoms with van der Waals surface area (Å²) in [5, 5.41) is 3.35. The van der Waals surface area contributed by atoms with Crippen LogP contribution in [0.2, 0.25) is 0 Å². The van der Waals surface area contributed by atoms with Crippen LogP contribution in [-0.2, 0) is 0 Å². The van der Waals surface area contributed by atoms with Crippen molar-refractivity contribution < 1.29 is 4.79 Å². The third-order valence-corrected chi connectivity index (χ3v) is 3.44. The molecular weight excluding hydrogens is 240 g/mol. The van der Waals surface area contributed by atoms with E-state index in [0.29, 0.717) is 5.82 Å². The van der Waals surface area contributed by atoms with E-state index in [1.54, 1.807) is 0 Å². The number of hydrogen-bond acceptors (Lipinski definition) is 3. The van der Waals surface area contributed by atoms with Crippen molar-refractivity contribution in [2.24, 2.45) is 0 Å². The molecule has 1 amide bonds. The number of aromatic nitrogens is 2. The van der Waals surface area contributed by atoms with Gasteiger partial charge in [0, 0.05) is 13.1 Å². The number of fused-ring (bicyclic) bond motifs is 1. The van der Waals surface area contributed by atoms with Crippen LogP contribution in [0.15, 0.2) is 24.3 Å².